The maximum atomic E-state index is 12.4. The summed E-state index contributed by atoms with van der Waals surface area (Å²) in [6.45, 7) is 3.75. The molecular weight excluding hydrogens is 348 g/mol. The number of thiophene rings is 1. The minimum absolute atomic E-state index is 0.0599. The third-order valence-electron chi connectivity index (χ3n) is 2.66. The summed E-state index contributed by atoms with van der Waals surface area (Å²) in [4.78, 5) is 0. The Morgan fingerprint density at radius 3 is 2.65 bits per heavy atom. The molecule has 0 amide bonds. The van der Waals surface area contributed by atoms with Crippen molar-refractivity contribution in [3.8, 4) is 0 Å². The topological polar surface area (TPSA) is 49.4 Å². The van der Waals surface area contributed by atoms with Gasteiger partial charge in [-0.15, -0.1) is 11.3 Å². The molecule has 96 valence electrons. The van der Waals surface area contributed by atoms with E-state index in [2.05, 4.69) is 21.2 Å². The van der Waals surface area contributed by atoms with Crippen LogP contribution in [-0.4, -0.2) is 38.4 Å². The lowest BCUT2D eigenvalue weighted by molar-refractivity contribution is 0.250. The Hall–Kier alpha value is 0.340. The number of nitrogens with one attached hydrogen (secondary N) is 1. The highest BCUT2D eigenvalue weighted by Gasteiger charge is 2.34. The van der Waals surface area contributed by atoms with Gasteiger partial charge in [-0.05, 0) is 22.0 Å². The molecule has 1 fully saturated rings. The Bertz CT molecular complexity index is 494. The quantitative estimate of drug-likeness (QED) is 0.896. The van der Waals surface area contributed by atoms with E-state index in [1.54, 1.807) is 0 Å². The molecule has 17 heavy (non-hydrogen) atoms. The normalized spacial score (nSPS) is 17.4. The second-order valence-corrected chi connectivity index (χ2v) is 8.60. The van der Waals surface area contributed by atoms with Crippen LogP contribution in [-0.2, 0) is 10.0 Å². The van der Waals surface area contributed by atoms with Crippen molar-refractivity contribution < 1.29 is 8.42 Å². The van der Waals surface area contributed by atoms with Crippen LogP contribution in [0.25, 0.3) is 0 Å². The van der Waals surface area contributed by atoms with Crippen molar-refractivity contribution in [3.05, 3.63) is 14.9 Å². The van der Waals surface area contributed by atoms with Gasteiger partial charge in [0.1, 0.15) is 4.21 Å². The molecule has 1 aliphatic heterocycles. The molecule has 8 heteroatoms. The van der Waals surface area contributed by atoms with Gasteiger partial charge in [0.05, 0.1) is 14.9 Å². The number of sulfonamides is 1. The number of rotatable bonds is 4. The lowest BCUT2D eigenvalue weighted by atomic mass is 10.2. The van der Waals surface area contributed by atoms with Gasteiger partial charge in [0.25, 0.3) is 10.0 Å². The van der Waals surface area contributed by atoms with Crippen molar-refractivity contribution in [3.63, 3.8) is 0 Å². The molecule has 0 aliphatic carbocycles. The van der Waals surface area contributed by atoms with E-state index in [0.717, 1.165) is 11.3 Å². The van der Waals surface area contributed by atoms with Gasteiger partial charge in [-0.25, -0.2) is 8.42 Å². The van der Waals surface area contributed by atoms with Crippen molar-refractivity contribution in [2.45, 2.75) is 17.2 Å². The number of halogens is 2. The average molecular weight is 360 g/mol. The predicted octanol–water partition coefficient (Wildman–Crippen LogP) is 2.15. The van der Waals surface area contributed by atoms with Crippen molar-refractivity contribution in [2.24, 2.45) is 0 Å². The highest BCUT2D eigenvalue weighted by Crippen LogP contribution is 2.36. The first kappa shape index (κ1) is 13.8. The van der Waals surface area contributed by atoms with Gasteiger partial charge in [-0.2, -0.15) is 4.31 Å². The molecule has 1 aliphatic rings. The summed E-state index contributed by atoms with van der Waals surface area (Å²) in [5.74, 6) is 0. The fourth-order valence-electron chi connectivity index (χ4n) is 1.67. The van der Waals surface area contributed by atoms with Gasteiger partial charge in [0.2, 0.25) is 0 Å². The van der Waals surface area contributed by atoms with E-state index in [0.29, 0.717) is 32.7 Å². The number of hydrogen-bond donors (Lipinski definition) is 1. The molecule has 2 heterocycles. The van der Waals surface area contributed by atoms with Crippen LogP contribution in [0.2, 0.25) is 5.02 Å². The molecule has 1 aromatic heterocycles. The van der Waals surface area contributed by atoms with Crippen LogP contribution in [0.3, 0.4) is 0 Å². The second kappa shape index (κ2) is 5.14. The highest BCUT2D eigenvalue weighted by molar-refractivity contribution is 9.11. The molecule has 4 nitrogen and oxygen atoms in total. The van der Waals surface area contributed by atoms with E-state index in [4.69, 9.17) is 11.6 Å². The first-order chi connectivity index (χ1) is 7.96. The van der Waals surface area contributed by atoms with E-state index < -0.39 is 10.0 Å². The van der Waals surface area contributed by atoms with E-state index >= 15 is 0 Å². The summed E-state index contributed by atoms with van der Waals surface area (Å²) >= 11 is 10.3. The van der Waals surface area contributed by atoms with Gasteiger partial charge < -0.3 is 5.32 Å². The lowest BCUT2D eigenvalue weighted by Gasteiger charge is -2.36. The van der Waals surface area contributed by atoms with Crippen LogP contribution in [0.5, 0.6) is 0 Å². The first-order valence-electron chi connectivity index (χ1n) is 5.14. The monoisotopic (exact) mass is 358 g/mol. The molecule has 0 bridgehead atoms. The van der Waals surface area contributed by atoms with Gasteiger partial charge >= 0.3 is 0 Å². The molecule has 0 atom stereocenters. The maximum absolute atomic E-state index is 12.4. The molecule has 0 radical (unpaired) electrons. The zero-order valence-electron chi connectivity index (χ0n) is 9.11. The zero-order chi connectivity index (χ0) is 12.6. The minimum Gasteiger partial charge on any atom is -0.313 e. The van der Waals surface area contributed by atoms with E-state index in [9.17, 15) is 8.42 Å². The largest absolute Gasteiger partial charge is 0.313 e. The SMILES string of the molecule is CCN(C1CNC1)S(=O)(=O)c1cc(Cl)c(Br)s1. The van der Waals surface area contributed by atoms with E-state index in [-0.39, 0.29) is 6.04 Å². The Labute approximate surface area is 118 Å². The van der Waals surface area contributed by atoms with E-state index in [1.165, 1.54) is 10.4 Å². The molecule has 0 unspecified atom stereocenters. The number of likely N-dealkylation sites (N-methyl/N-ethyl adjacent to an activating group) is 1. The molecule has 0 saturated carbocycles. The standard InChI is InChI=1S/C9H12BrClN2O2S2/c1-2-13(6-4-12-5-6)17(14,15)8-3-7(11)9(10)16-8/h3,6,12H,2,4-5H2,1H3. The summed E-state index contributed by atoms with van der Waals surface area (Å²) in [5.41, 5.74) is 0. The fraction of sp³-hybridized carbons (Fsp3) is 0.556. The molecule has 0 aromatic carbocycles. The summed E-state index contributed by atoms with van der Waals surface area (Å²) in [6, 6.07) is 1.56. The third-order valence-corrected chi connectivity index (χ3v) is 7.62. The van der Waals surface area contributed by atoms with Crippen molar-refractivity contribution in [1.82, 2.24) is 9.62 Å². The third kappa shape index (κ3) is 2.54. The van der Waals surface area contributed by atoms with Crippen LogP contribution < -0.4 is 5.32 Å². The van der Waals surface area contributed by atoms with E-state index in [1.807, 2.05) is 6.92 Å². The van der Waals surface area contributed by atoms with Gasteiger partial charge in [-0.1, -0.05) is 18.5 Å². The zero-order valence-corrected chi connectivity index (χ0v) is 13.1. The van der Waals surface area contributed by atoms with Crippen LogP contribution in [0.15, 0.2) is 14.1 Å². The molecule has 0 spiro atoms. The minimum atomic E-state index is -3.42. The highest BCUT2D eigenvalue weighted by atomic mass is 79.9. The fourth-order valence-corrected chi connectivity index (χ4v) is 5.83. The van der Waals surface area contributed by atoms with Crippen LogP contribution in [0, 0.1) is 0 Å². The van der Waals surface area contributed by atoms with Crippen LogP contribution in [0.1, 0.15) is 6.92 Å². The molecule has 1 N–H and O–H groups in total. The maximum Gasteiger partial charge on any atom is 0.252 e. The molecular formula is C9H12BrClN2O2S2. The molecule has 1 saturated heterocycles. The Balaban J connectivity index is 2.33. The van der Waals surface area contributed by atoms with Gasteiger partial charge in [-0.3, -0.25) is 0 Å². The Morgan fingerprint density at radius 2 is 2.29 bits per heavy atom. The summed E-state index contributed by atoms with van der Waals surface area (Å²) < 4.78 is 27.3. The Kier molecular flexibility index (Phi) is 4.16. The molecule has 2 rings (SSSR count). The number of nitrogens with zero attached hydrogens (tertiary/aromatic N) is 1. The van der Waals surface area contributed by atoms with Crippen LogP contribution in [0.4, 0.5) is 0 Å². The number of hydrogen-bond acceptors (Lipinski definition) is 4. The first-order valence-corrected chi connectivity index (χ1v) is 8.57. The second-order valence-electron chi connectivity index (χ2n) is 3.71. The Morgan fingerprint density at radius 1 is 1.65 bits per heavy atom. The summed E-state index contributed by atoms with van der Waals surface area (Å²) in [7, 11) is -3.42. The average Bonchev–Trinajstić information content (AvgIpc) is 2.53. The molecule has 1 aromatic rings. The smallest absolute Gasteiger partial charge is 0.252 e. The van der Waals surface area contributed by atoms with Crippen LogP contribution >= 0.6 is 38.9 Å². The van der Waals surface area contributed by atoms with Crippen molar-refractivity contribution >= 4 is 48.9 Å². The predicted molar refractivity (Wildman–Crippen MR) is 73.3 cm³/mol. The summed E-state index contributed by atoms with van der Waals surface area (Å²) in [5, 5.41) is 3.52. The lowest BCUT2D eigenvalue weighted by Crippen LogP contribution is -2.58. The van der Waals surface area contributed by atoms with Crippen molar-refractivity contribution in [2.75, 3.05) is 19.6 Å². The van der Waals surface area contributed by atoms with Gasteiger partial charge in [0.15, 0.2) is 0 Å². The summed E-state index contributed by atoms with van der Waals surface area (Å²) in [6.07, 6.45) is 0. The van der Waals surface area contributed by atoms with Crippen molar-refractivity contribution in [1.29, 1.82) is 0 Å². The van der Waals surface area contributed by atoms with Gasteiger partial charge in [0, 0.05) is 19.6 Å².